The summed E-state index contributed by atoms with van der Waals surface area (Å²) in [7, 11) is 3.07. The van der Waals surface area contributed by atoms with Crippen LogP contribution in [-0.2, 0) is 0 Å². The monoisotopic (exact) mass is 575 g/mol. The molecule has 0 aromatic heterocycles. The molecule has 3 amide bonds. The van der Waals surface area contributed by atoms with Gasteiger partial charge in [-0.15, -0.1) is 0 Å². The quantitative estimate of drug-likeness (QED) is 0.446. The predicted octanol–water partition coefficient (Wildman–Crippen LogP) is 3.10. The zero-order valence-electron chi connectivity index (χ0n) is 23.7. The molecule has 0 saturated carbocycles. The molecule has 2 N–H and O–H groups in total. The van der Waals surface area contributed by atoms with E-state index >= 15 is 0 Å². The smallest absolute Gasteiger partial charge is 0.255 e. The van der Waals surface area contributed by atoms with E-state index < -0.39 is 11.7 Å². The summed E-state index contributed by atoms with van der Waals surface area (Å²) >= 11 is 0. The first-order valence-electron chi connectivity index (χ1n) is 13.8. The molecule has 0 unspecified atom stereocenters. The number of rotatable bonds is 7. The third-order valence-corrected chi connectivity index (χ3v) is 7.54. The number of nitrogens with one attached hydrogen (secondary N) is 2. The number of anilines is 2. The van der Waals surface area contributed by atoms with Crippen molar-refractivity contribution in [3.05, 3.63) is 83.2 Å². The van der Waals surface area contributed by atoms with Crippen molar-refractivity contribution in [3.8, 4) is 11.5 Å². The van der Waals surface area contributed by atoms with Crippen LogP contribution in [0.4, 0.5) is 15.8 Å². The van der Waals surface area contributed by atoms with Gasteiger partial charge in [0.15, 0.2) is 11.5 Å². The minimum absolute atomic E-state index is 0.106. The van der Waals surface area contributed by atoms with Crippen LogP contribution in [0.2, 0.25) is 0 Å². The maximum Gasteiger partial charge on any atom is 0.255 e. The molecule has 0 atom stereocenters. The Morgan fingerprint density at radius 3 is 1.93 bits per heavy atom. The summed E-state index contributed by atoms with van der Waals surface area (Å²) in [5, 5.41) is 6.17. The molecular weight excluding hydrogens is 541 g/mol. The molecule has 11 heteroatoms. The number of benzene rings is 3. The van der Waals surface area contributed by atoms with Gasteiger partial charge in [0.25, 0.3) is 17.7 Å². The van der Waals surface area contributed by atoms with Crippen LogP contribution in [0, 0.1) is 5.82 Å². The molecule has 2 heterocycles. The van der Waals surface area contributed by atoms with Gasteiger partial charge in [-0.05, 0) is 60.7 Å². The topological polar surface area (TPSA) is 103 Å². The van der Waals surface area contributed by atoms with Crippen LogP contribution in [0.5, 0.6) is 11.5 Å². The number of halogens is 1. The summed E-state index contributed by atoms with van der Waals surface area (Å²) in [6.45, 7) is 4.61. The average Bonchev–Trinajstić information content (AvgIpc) is 3.04. The molecular formula is C31H34FN5O5. The molecule has 0 aliphatic carbocycles. The van der Waals surface area contributed by atoms with Crippen molar-refractivity contribution >= 4 is 29.1 Å². The second-order valence-corrected chi connectivity index (χ2v) is 10.1. The van der Waals surface area contributed by atoms with E-state index in [1.54, 1.807) is 47.2 Å². The van der Waals surface area contributed by atoms with Crippen LogP contribution in [0.3, 0.4) is 0 Å². The van der Waals surface area contributed by atoms with Crippen LogP contribution in [-0.4, -0.2) is 94.1 Å². The van der Waals surface area contributed by atoms with E-state index in [-0.39, 0.29) is 11.8 Å². The van der Waals surface area contributed by atoms with E-state index in [0.29, 0.717) is 73.1 Å². The fourth-order valence-corrected chi connectivity index (χ4v) is 5.19. The number of carbonyl (C=O) groups is 3. The number of amides is 3. The van der Waals surface area contributed by atoms with Crippen molar-refractivity contribution in [3.63, 3.8) is 0 Å². The van der Waals surface area contributed by atoms with E-state index in [1.165, 1.54) is 31.4 Å². The minimum atomic E-state index is -0.434. The molecule has 2 aliphatic rings. The summed E-state index contributed by atoms with van der Waals surface area (Å²) in [6.07, 6.45) is 0. The van der Waals surface area contributed by atoms with Crippen LogP contribution in [0.25, 0.3) is 0 Å². The molecule has 2 fully saturated rings. The summed E-state index contributed by atoms with van der Waals surface area (Å²) in [4.78, 5) is 45.3. The second-order valence-electron chi connectivity index (χ2n) is 10.1. The largest absolute Gasteiger partial charge is 0.493 e. The molecule has 10 nitrogen and oxygen atoms in total. The van der Waals surface area contributed by atoms with Crippen LogP contribution in [0.15, 0.2) is 60.7 Å². The Morgan fingerprint density at radius 2 is 1.29 bits per heavy atom. The number of nitrogens with zero attached hydrogens (tertiary/aromatic N) is 3. The van der Waals surface area contributed by atoms with Crippen molar-refractivity contribution in [2.24, 2.45) is 0 Å². The number of hydrogen-bond acceptors (Lipinski definition) is 7. The van der Waals surface area contributed by atoms with Gasteiger partial charge in [-0.2, -0.15) is 0 Å². The minimum Gasteiger partial charge on any atom is -0.493 e. The number of ether oxygens (including phenoxy) is 2. The van der Waals surface area contributed by atoms with Crippen molar-refractivity contribution in [2.45, 2.75) is 0 Å². The van der Waals surface area contributed by atoms with E-state index in [1.807, 2.05) is 6.07 Å². The lowest BCUT2D eigenvalue weighted by atomic mass is 10.1. The zero-order chi connectivity index (χ0) is 29.6. The zero-order valence-corrected chi connectivity index (χ0v) is 23.7. The lowest BCUT2D eigenvalue weighted by Crippen LogP contribution is -2.49. The van der Waals surface area contributed by atoms with Crippen LogP contribution >= 0.6 is 0 Å². The van der Waals surface area contributed by atoms with Crippen molar-refractivity contribution in [1.82, 2.24) is 15.1 Å². The maximum atomic E-state index is 13.4. The van der Waals surface area contributed by atoms with Gasteiger partial charge in [-0.1, -0.05) is 0 Å². The van der Waals surface area contributed by atoms with Gasteiger partial charge in [0.05, 0.1) is 25.6 Å². The predicted molar refractivity (Wildman–Crippen MR) is 157 cm³/mol. The Morgan fingerprint density at radius 1 is 0.714 bits per heavy atom. The third kappa shape index (κ3) is 6.31. The Kier molecular flexibility index (Phi) is 8.87. The summed E-state index contributed by atoms with van der Waals surface area (Å²) < 4.78 is 24.1. The molecule has 2 aliphatic heterocycles. The molecule has 5 rings (SSSR count). The highest BCUT2D eigenvalue weighted by Crippen LogP contribution is 2.31. The van der Waals surface area contributed by atoms with Crippen molar-refractivity contribution < 1.29 is 28.2 Å². The first-order chi connectivity index (χ1) is 20.4. The highest BCUT2D eigenvalue weighted by molar-refractivity contribution is 6.07. The Labute approximate surface area is 244 Å². The average molecular weight is 576 g/mol. The molecule has 0 bridgehead atoms. The number of hydrogen-bond donors (Lipinski definition) is 2. The van der Waals surface area contributed by atoms with E-state index in [9.17, 15) is 18.8 Å². The molecule has 42 heavy (non-hydrogen) atoms. The Hall–Kier alpha value is -4.64. The van der Waals surface area contributed by atoms with Gasteiger partial charge in [0.2, 0.25) is 0 Å². The molecule has 3 aromatic rings. The molecule has 3 aromatic carbocycles. The highest BCUT2D eigenvalue weighted by Gasteiger charge is 2.26. The molecule has 220 valence electrons. The first-order valence-corrected chi connectivity index (χ1v) is 13.8. The second kappa shape index (κ2) is 12.9. The highest BCUT2D eigenvalue weighted by atomic mass is 19.1. The lowest BCUT2D eigenvalue weighted by Gasteiger charge is -2.37. The van der Waals surface area contributed by atoms with Gasteiger partial charge in [-0.25, -0.2) is 4.39 Å². The Bertz CT molecular complexity index is 1450. The van der Waals surface area contributed by atoms with Gasteiger partial charge < -0.3 is 34.8 Å². The van der Waals surface area contributed by atoms with E-state index in [0.717, 1.165) is 18.8 Å². The SMILES string of the molecule is COc1ccc(C(=O)N2CCN(c3ccc(C(=O)N4CCNCC4)cc3NC(=O)c3ccc(F)cc3)CC2)cc1OC. The molecule has 0 spiro atoms. The summed E-state index contributed by atoms with van der Waals surface area (Å²) in [5.41, 5.74) is 2.48. The normalized spacial score (nSPS) is 15.3. The number of methoxy groups -OCH3 is 2. The van der Waals surface area contributed by atoms with Gasteiger partial charge >= 0.3 is 0 Å². The third-order valence-electron chi connectivity index (χ3n) is 7.54. The lowest BCUT2D eigenvalue weighted by molar-refractivity contribution is 0.0731. The van der Waals surface area contributed by atoms with Gasteiger partial charge in [0.1, 0.15) is 5.82 Å². The molecule has 2 saturated heterocycles. The first kappa shape index (κ1) is 28.9. The number of carbonyl (C=O) groups excluding carboxylic acids is 3. The number of piperazine rings is 2. The fourth-order valence-electron chi connectivity index (χ4n) is 5.19. The van der Waals surface area contributed by atoms with Crippen molar-refractivity contribution in [1.29, 1.82) is 0 Å². The standard InChI is InChI=1S/C31H34FN5O5/c1-41-27-10-6-23(20-28(27)42-2)31(40)37-17-15-35(16-18-37)26-9-5-22(30(39)36-13-11-33-12-14-36)19-25(26)34-29(38)21-3-7-24(32)8-4-21/h3-10,19-20,33H,11-18H2,1-2H3,(H,34,38). The fraction of sp³-hybridized carbons (Fsp3) is 0.323. The van der Waals surface area contributed by atoms with Crippen LogP contribution < -0.4 is 25.0 Å². The van der Waals surface area contributed by atoms with E-state index in [2.05, 4.69) is 15.5 Å². The summed E-state index contributed by atoms with van der Waals surface area (Å²) in [6, 6.07) is 15.7. The van der Waals surface area contributed by atoms with Gasteiger partial charge in [0, 0.05) is 69.0 Å². The van der Waals surface area contributed by atoms with Crippen molar-refractivity contribution in [2.75, 3.05) is 76.8 Å². The maximum absolute atomic E-state index is 13.4. The summed E-state index contributed by atoms with van der Waals surface area (Å²) in [5.74, 6) is -0.0309. The van der Waals surface area contributed by atoms with Crippen LogP contribution in [0.1, 0.15) is 31.1 Å². The van der Waals surface area contributed by atoms with Gasteiger partial charge in [-0.3, -0.25) is 14.4 Å². The van der Waals surface area contributed by atoms with E-state index in [4.69, 9.17) is 9.47 Å². The molecule has 0 radical (unpaired) electrons. The Balaban J connectivity index is 1.35.